The second-order valence-electron chi connectivity index (χ2n) is 5.10. The standard InChI is InChI=1S/C14H16BrClF2/c15-13-3-1-11(2-4-13)12(9-16)7-10-5-6-14(17,18)8-10/h1-4,10,12H,5-9H2. The Labute approximate surface area is 120 Å². The van der Waals surface area contributed by atoms with Gasteiger partial charge >= 0.3 is 0 Å². The summed E-state index contributed by atoms with van der Waals surface area (Å²) in [4.78, 5) is 0. The zero-order valence-electron chi connectivity index (χ0n) is 10.0. The summed E-state index contributed by atoms with van der Waals surface area (Å²) in [5.41, 5.74) is 1.14. The van der Waals surface area contributed by atoms with Crippen LogP contribution in [0.1, 0.15) is 37.2 Å². The number of halogens is 4. The molecular weight excluding hydrogens is 322 g/mol. The highest BCUT2D eigenvalue weighted by Gasteiger charge is 2.39. The predicted molar refractivity (Wildman–Crippen MR) is 74.5 cm³/mol. The second-order valence-corrected chi connectivity index (χ2v) is 6.33. The van der Waals surface area contributed by atoms with Gasteiger partial charge in [-0.05, 0) is 42.4 Å². The van der Waals surface area contributed by atoms with Crippen LogP contribution in [0.2, 0.25) is 0 Å². The van der Waals surface area contributed by atoms with Crippen molar-refractivity contribution in [3.8, 4) is 0 Å². The van der Waals surface area contributed by atoms with Crippen molar-refractivity contribution in [3.05, 3.63) is 34.3 Å². The molecule has 0 heterocycles. The highest BCUT2D eigenvalue weighted by molar-refractivity contribution is 9.10. The minimum Gasteiger partial charge on any atom is -0.207 e. The summed E-state index contributed by atoms with van der Waals surface area (Å²) in [5.74, 6) is -1.68. The van der Waals surface area contributed by atoms with E-state index in [2.05, 4.69) is 15.9 Å². The van der Waals surface area contributed by atoms with Crippen molar-refractivity contribution in [1.29, 1.82) is 0 Å². The maximum Gasteiger partial charge on any atom is 0.248 e. The molecule has 0 spiro atoms. The molecule has 0 bridgehead atoms. The van der Waals surface area contributed by atoms with E-state index >= 15 is 0 Å². The molecule has 18 heavy (non-hydrogen) atoms. The molecule has 1 aliphatic carbocycles. The largest absolute Gasteiger partial charge is 0.248 e. The van der Waals surface area contributed by atoms with Gasteiger partial charge in [-0.15, -0.1) is 11.6 Å². The molecule has 2 unspecified atom stereocenters. The normalized spacial score (nSPS) is 24.1. The summed E-state index contributed by atoms with van der Waals surface area (Å²) < 4.78 is 27.4. The van der Waals surface area contributed by atoms with Crippen molar-refractivity contribution in [1.82, 2.24) is 0 Å². The summed E-state index contributed by atoms with van der Waals surface area (Å²) in [7, 11) is 0. The molecule has 0 amide bonds. The van der Waals surface area contributed by atoms with Crippen LogP contribution in [0.4, 0.5) is 8.78 Å². The van der Waals surface area contributed by atoms with Crippen molar-refractivity contribution in [2.45, 2.75) is 37.5 Å². The second kappa shape index (κ2) is 5.87. The third-order valence-corrected chi connectivity index (χ3v) is 4.55. The van der Waals surface area contributed by atoms with Crippen molar-refractivity contribution in [2.75, 3.05) is 5.88 Å². The van der Waals surface area contributed by atoms with Crippen molar-refractivity contribution >= 4 is 27.5 Å². The molecule has 1 saturated carbocycles. The average molecular weight is 338 g/mol. The Kier molecular flexibility index (Phi) is 4.65. The van der Waals surface area contributed by atoms with Crippen LogP contribution >= 0.6 is 27.5 Å². The summed E-state index contributed by atoms with van der Waals surface area (Å²) >= 11 is 9.38. The van der Waals surface area contributed by atoms with Crippen LogP contribution in [0.15, 0.2) is 28.7 Å². The molecule has 0 aliphatic heterocycles. The Bertz CT molecular complexity index is 391. The first-order valence-corrected chi connectivity index (χ1v) is 7.52. The average Bonchev–Trinajstić information content (AvgIpc) is 2.67. The first kappa shape index (κ1) is 14.3. The van der Waals surface area contributed by atoms with E-state index in [1.807, 2.05) is 24.3 Å². The molecule has 1 aliphatic rings. The van der Waals surface area contributed by atoms with Crippen LogP contribution in [0.5, 0.6) is 0 Å². The summed E-state index contributed by atoms with van der Waals surface area (Å²) in [6.45, 7) is 0. The lowest BCUT2D eigenvalue weighted by Crippen LogP contribution is -2.12. The monoisotopic (exact) mass is 336 g/mol. The van der Waals surface area contributed by atoms with Gasteiger partial charge in [0.1, 0.15) is 0 Å². The smallest absolute Gasteiger partial charge is 0.207 e. The number of hydrogen-bond acceptors (Lipinski definition) is 0. The summed E-state index contributed by atoms with van der Waals surface area (Å²) in [6, 6.07) is 7.98. The van der Waals surface area contributed by atoms with Gasteiger partial charge in [0.2, 0.25) is 5.92 Å². The molecular formula is C14H16BrClF2. The maximum absolute atomic E-state index is 13.2. The van der Waals surface area contributed by atoms with Crippen LogP contribution in [0, 0.1) is 5.92 Å². The van der Waals surface area contributed by atoms with Crippen LogP contribution in [0.3, 0.4) is 0 Å². The van der Waals surface area contributed by atoms with Gasteiger partial charge < -0.3 is 0 Å². The van der Waals surface area contributed by atoms with E-state index in [0.29, 0.717) is 12.3 Å². The molecule has 0 radical (unpaired) electrons. The predicted octanol–water partition coefficient (Wildman–Crippen LogP) is 5.60. The maximum atomic E-state index is 13.2. The van der Waals surface area contributed by atoms with Crippen LogP contribution < -0.4 is 0 Å². The number of alkyl halides is 3. The van der Waals surface area contributed by atoms with Gasteiger partial charge in [-0.3, -0.25) is 0 Å². The third-order valence-electron chi connectivity index (χ3n) is 3.65. The Hall–Kier alpha value is -0.150. The highest BCUT2D eigenvalue weighted by atomic mass is 79.9. The van der Waals surface area contributed by atoms with Crippen LogP contribution in [-0.4, -0.2) is 11.8 Å². The fraction of sp³-hybridized carbons (Fsp3) is 0.571. The quantitative estimate of drug-likeness (QED) is 0.628. The molecule has 4 heteroatoms. The SMILES string of the molecule is FC1(F)CCC(CC(CCl)c2ccc(Br)cc2)C1. The minimum atomic E-state index is -2.46. The van der Waals surface area contributed by atoms with Gasteiger partial charge in [0, 0.05) is 23.2 Å². The lowest BCUT2D eigenvalue weighted by Gasteiger charge is -2.19. The molecule has 0 aromatic heterocycles. The molecule has 0 N–H and O–H groups in total. The number of rotatable bonds is 4. The Balaban J connectivity index is 2.00. The van der Waals surface area contributed by atoms with Crippen molar-refractivity contribution < 1.29 is 8.78 Å². The van der Waals surface area contributed by atoms with Gasteiger partial charge in [0.05, 0.1) is 0 Å². The van der Waals surface area contributed by atoms with E-state index in [9.17, 15) is 8.78 Å². The highest BCUT2D eigenvalue weighted by Crippen LogP contribution is 2.43. The van der Waals surface area contributed by atoms with Gasteiger partial charge in [-0.1, -0.05) is 28.1 Å². The van der Waals surface area contributed by atoms with Gasteiger partial charge in [-0.2, -0.15) is 0 Å². The van der Waals surface area contributed by atoms with E-state index in [4.69, 9.17) is 11.6 Å². The molecule has 1 aromatic rings. The number of benzene rings is 1. The molecule has 100 valence electrons. The third kappa shape index (κ3) is 3.67. The molecule has 1 fully saturated rings. The van der Waals surface area contributed by atoms with E-state index in [1.165, 1.54) is 0 Å². The van der Waals surface area contributed by atoms with Gasteiger partial charge in [0.15, 0.2) is 0 Å². The van der Waals surface area contributed by atoms with E-state index in [1.54, 1.807) is 0 Å². The molecule has 0 nitrogen and oxygen atoms in total. The lowest BCUT2D eigenvalue weighted by atomic mass is 9.89. The van der Waals surface area contributed by atoms with Crippen LogP contribution in [0.25, 0.3) is 0 Å². The fourth-order valence-corrected chi connectivity index (χ4v) is 3.24. The Morgan fingerprint density at radius 1 is 1.33 bits per heavy atom. The molecule has 2 rings (SSSR count). The van der Waals surface area contributed by atoms with Crippen molar-refractivity contribution in [3.63, 3.8) is 0 Å². The van der Waals surface area contributed by atoms with Gasteiger partial charge in [-0.25, -0.2) is 8.78 Å². The number of hydrogen-bond donors (Lipinski definition) is 0. The van der Waals surface area contributed by atoms with E-state index in [-0.39, 0.29) is 24.7 Å². The first-order chi connectivity index (χ1) is 8.50. The van der Waals surface area contributed by atoms with Crippen molar-refractivity contribution in [2.24, 2.45) is 5.92 Å². The molecule has 0 saturated heterocycles. The lowest BCUT2D eigenvalue weighted by molar-refractivity contribution is 0.00451. The molecule has 2 atom stereocenters. The topological polar surface area (TPSA) is 0 Å². The van der Waals surface area contributed by atoms with E-state index < -0.39 is 5.92 Å². The minimum absolute atomic E-state index is 0.0247. The zero-order valence-corrected chi connectivity index (χ0v) is 12.4. The van der Waals surface area contributed by atoms with E-state index in [0.717, 1.165) is 16.5 Å². The van der Waals surface area contributed by atoms with Crippen LogP contribution in [-0.2, 0) is 0 Å². The molecule has 1 aromatic carbocycles. The zero-order chi connectivity index (χ0) is 13.2. The Morgan fingerprint density at radius 2 is 2.00 bits per heavy atom. The summed E-state index contributed by atoms with van der Waals surface area (Å²) in [5, 5.41) is 0. The first-order valence-electron chi connectivity index (χ1n) is 6.19. The fourth-order valence-electron chi connectivity index (χ4n) is 2.67. The van der Waals surface area contributed by atoms with Gasteiger partial charge in [0.25, 0.3) is 0 Å². The Morgan fingerprint density at radius 3 is 2.50 bits per heavy atom. The summed E-state index contributed by atoms with van der Waals surface area (Å²) in [6.07, 6.45) is 1.45.